The molecule has 0 spiro atoms. The van der Waals surface area contributed by atoms with Gasteiger partial charge in [0.05, 0.1) is 0 Å². The van der Waals surface area contributed by atoms with E-state index in [9.17, 15) is 0 Å². The molecule has 0 radical (unpaired) electrons. The second kappa shape index (κ2) is 8.50. The predicted molar refractivity (Wildman–Crippen MR) is 92.9 cm³/mol. The molecule has 0 aromatic heterocycles. The van der Waals surface area contributed by atoms with E-state index in [1.165, 1.54) is 5.56 Å². The number of hydrogen-bond acceptors (Lipinski definition) is 1. The van der Waals surface area contributed by atoms with Crippen LogP contribution in [0.2, 0.25) is 0 Å². The van der Waals surface area contributed by atoms with Crippen LogP contribution in [0, 0.1) is 0 Å². The molecule has 0 atom stereocenters. The Hall–Kier alpha value is -1.77. The molecule has 3 heteroatoms. The Kier molecular flexibility index (Phi) is 7.00. The molecule has 0 aliphatic rings. The Morgan fingerprint density at radius 3 is 2.57 bits per heavy atom. The summed E-state index contributed by atoms with van der Waals surface area (Å²) in [6.07, 6.45) is 4.10. The number of benzene rings is 1. The van der Waals surface area contributed by atoms with Gasteiger partial charge >= 0.3 is 0 Å². The van der Waals surface area contributed by atoms with E-state index in [2.05, 4.69) is 73.0 Å². The van der Waals surface area contributed by atoms with Crippen molar-refractivity contribution in [3.05, 3.63) is 48.6 Å². The van der Waals surface area contributed by atoms with E-state index < -0.39 is 0 Å². The third-order valence-corrected chi connectivity index (χ3v) is 3.72. The Labute approximate surface area is 129 Å². The molecule has 0 heterocycles. The van der Waals surface area contributed by atoms with Crippen LogP contribution in [0.1, 0.15) is 32.3 Å². The molecular weight excluding hydrogens is 258 g/mol. The lowest BCUT2D eigenvalue weighted by Crippen LogP contribution is -2.44. The summed E-state index contributed by atoms with van der Waals surface area (Å²) >= 11 is 0. The van der Waals surface area contributed by atoms with Gasteiger partial charge in [-0.3, -0.25) is 4.99 Å². The van der Waals surface area contributed by atoms with Gasteiger partial charge in [0, 0.05) is 32.6 Å². The Balaban J connectivity index is 2.57. The van der Waals surface area contributed by atoms with Crippen molar-refractivity contribution >= 4 is 5.96 Å². The maximum Gasteiger partial charge on any atom is 0.193 e. The first-order valence-corrected chi connectivity index (χ1v) is 7.59. The molecule has 0 aliphatic heterocycles. The summed E-state index contributed by atoms with van der Waals surface area (Å²) in [5, 5.41) is 3.48. The minimum Gasteiger partial charge on any atom is -0.355 e. The lowest BCUT2D eigenvalue weighted by molar-refractivity contribution is 0.446. The minimum absolute atomic E-state index is 0.0686. The largest absolute Gasteiger partial charge is 0.355 e. The van der Waals surface area contributed by atoms with Crippen LogP contribution in [0.25, 0.3) is 0 Å². The summed E-state index contributed by atoms with van der Waals surface area (Å²) < 4.78 is 0. The van der Waals surface area contributed by atoms with E-state index >= 15 is 0 Å². The zero-order valence-corrected chi connectivity index (χ0v) is 13.9. The van der Waals surface area contributed by atoms with Crippen LogP contribution >= 0.6 is 0 Å². The standard InChI is InChI=1S/C18H29N3/c1-6-7-11-14-21(5)17(19-4)20-15-18(2,3)16-12-9-8-10-13-16/h6,8-10,12-13H,1,7,11,14-15H2,2-5H3,(H,19,20). The zero-order valence-electron chi connectivity index (χ0n) is 13.9. The van der Waals surface area contributed by atoms with E-state index in [0.29, 0.717) is 0 Å². The van der Waals surface area contributed by atoms with Gasteiger partial charge in [-0.15, -0.1) is 6.58 Å². The van der Waals surface area contributed by atoms with Gasteiger partial charge in [0.15, 0.2) is 5.96 Å². The molecular formula is C18H29N3. The molecule has 116 valence electrons. The van der Waals surface area contributed by atoms with Crippen LogP contribution in [-0.4, -0.2) is 38.0 Å². The molecule has 0 saturated carbocycles. The first-order chi connectivity index (χ1) is 10.0. The normalized spacial score (nSPS) is 12.1. The molecule has 1 rings (SSSR count). The summed E-state index contributed by atoms with van der Waals surface area (Å²) in [6.45, 7) is 10.1. The third-order valence-electron chi connectivity index (χ3n) is 3.72. The molecule has 0 aliphatic carbocycles. The molecule has 0 amide bonds. The quantitative estimate of drug-likeness (QED) is 0.360. The number of guanidine groups is 1. The second-order valence-corrected chi connectivity index (χ2v) is 6.00. The Bertz CT molecular complexity index is 449. The van der Waals surface area contributed by atoms with Crippen molar-refractivity contribution in [2.45, 2.75) is 32.1 Å². The van der Waals surface area contributed by atoms with Crippen molar-refractivity contribution in [2.24, 2.45) is 4.99 Å². The van der Waals surface area contributed by atoms with Gasteiger partial charge in [0.25, 0.3) is 0 Å². The van der Waals surface area contributed by atoms with Gasteiger partial charge < -0.3 is 10.2 Å². The number of nitrogens with one attached hydrogen (secondary N) is 1. The highest BCUT2D eigenvalue weighted by molar-refractivity contribution is 5.79. The fourth-order valence-corrected chi connectivity index (χ4v) is 2.25. The van der Waals surface area contributed by atoms with E-state index in [-0.39, 0.29) is 5.41 Å². The third kappa shape index (κ3) is 5.62. The molecule has 21 heavy (non-hydrogen) atoms. The van der Waals surface area contributed by atoms with Gasteiger partial charge in [-0.05, 0) is 18.4 Å². The van der Waals surface area contributed by atoms with Crippen molar-refractivity contribution < 1.29 is 0 Å². The SMILES string of the molecule is C=CCCCN(C)C(=NC)NCC(C)(C)c1ccccc1. The van der Waals surface area contributed by atoms with Crippen molar-refractivity contribution in [1.29, 1.82) is 0 Å². The minimum atomic E-state index is 0.0686. The summed E-state index contributed by atoms with van der Waals surface area (Å²) in [5.41, 5.74) is 1.40. The Morgan fingerprint density at radius 1 is 1.33 bits per heavy atom. The lowest BCUT2D eigenvalue weighted by Gasteiger charge is -2.29. The van der Waals surface area contributed by atoms with E-state index in [0.717, 1.165) is 31.9 Å². The van der Waals surface area contributed by atoms with Crippen LogP contribution in [-0.2, 0) is 5.41 Å². The summed E-state index contributed by atoms with van der Waals surface area (Å²) in [5.74, 6) is 0.947. The fourth-order valence-electron chi connectivity index (χ4n) is 2.25. The van der Waals surface area contributed by atoms with E-state index in [1.54, 1.807) is 0 Å². The molecule has 0 bridgehead atoms. The van der Waals surface area contributed by atoms with Gasteiger partial charge in [-0.25, -0.2) is 0 Å². The van der Waals surface area contributed by atoms with E-state index in [4.69, 9.17) is 0 Å². The van der Waals surface area contributed by atoms with Gasteiger partial charge in [0.2, 0.25) is 0 Å². The monoisotopic (exact) mass is 287 g/mol. The highest BCUT2D eigenvalue weighted by Crippen LogP contribution is 2.21. The maximum atomic E-state index is 4.37. The Morgan fingerprint density at radius 2 is 2.00 bits per heavy atom. The highest BCUT2D eigenvalue weighted by atomic mass is 15.3. The first-order valence-electron chi connectivity index (χ1n) is 7.59. The summed E-state index contributed by atoms with van der Waals surface area (Å²) in [7, 11) is 3.91. The number of allylic oxidation sites excluding steroid dienone is 1. The molecule has 0 unspecified atom stereocenters. The summed E-state index contributed by atoms with van der Waals surface area (Å²) in [6, 6.07) is 10.6. The molecule has 1 aromatic rings. The maximum absolute atomic E-state index is 4.37. The van der Waals surface area contributed by atoms with Crippen molar-refractivity contribution in [3.63, 3.8) is 0 Å². The zero-order chi connectivity index (χ0) is 15.7. The number of aliphatic imine (C=N–C) groups is 1. The second-order valence-electron chi connectivity index (χ2n) is 6.00. The van der Waals surface area contributed by atoms with Crippen LogP contribution in [0.4, 0.5) is 0 Å². The molecule has 1 N–H and O–H groups in total. The molecule has 1 aromatic carbocycles. The van der Waals surface area contributed by atoms with Crippen molar-refractivity contribution in [1.82, 2.24) is 10.2 Å². The van der Waals surface area contributed by atoms with Crippen LogP contribution in [0.15, 0.2) is 48.0 Å². The number of nitrogens with zero attached hydrogens (tertiary/aromatic N) is 2. The average Bonchev–Trinajstić information content (AvgIpc) is 2.49. The van der Waals surface area contributed by atoms with Crippen molar-refractivity contribution in [3.8, 4) is 0 Å². The van der Waals surface area contributed by atoms with Crippen LogP contribution < -0.4 is 5.32 Å². The fraction of sp³-hybridized carbons (Fsp3) is 0.500. The first kappa shape index (κ1) is 17.3. The topological polar surface area (TPSA) is 27.6 Å². The average molecular weight is 287 g/mol. The van der Waals surface area contributed by atoms with Crippen LogP contribution in [0.3, 0.4) is 0 Å². The summed E-state index contributed by atoms with van der Waals surface area (Å²) in [4.78, 5) is 6.54. The number of hydrogen-bond donors (Lipinski definition) is 1. The molecule has 3 nitrogen and oxygen atoms in total. The van der Waals surface area contributed by atoms with Gasteiger partial charge in [-0.1, -0.05) is 50.3 Å². The van der Waals surface area contributed by atoms with Crippen molar-refractivity contribution in [2.75, 3.05) is 27.2 Å². The number of unbranched alkanes of at least 4 members (excludes halogenated alkanes) is 1. The van der Waals surface area contributed by atoms with E-state index in [1.807, 2.05) is 13.1 Å². The highest BCUT2D eigenvalue weighted by Gasteiger charge is 2.21. The van der Waals surface area contributed by atoms with Crippen LogP contribution in [0.5, 0.6) is 0 Å². The van der Waals surface area contributed by atoms with Gasteiger partial charge in [0.1, 0.15) is 0 Å². The smallest absolute Gasteiger partial charge is 0.193 e. The molecule has 0 fully saturated rings. The lowest BCUT2D eigenvalue weighted by atomic mass is 9.85. The molecule has 0 saturated heterocycles. The predicted octanol–water partition coefficient (Wildman–Crippen LogP) is 3.44. The van der Waals surface area contributed by atoms with Gasteiger partial charge in [-0.2, -0.15) is 0 Å². The number of rotatable bonds is 7.